The van der Waals surface area contributed by atoms with Crippen molar-refractivity contribution in [2.75, 3.05) is 0 Å². The van der Waals surface area contributed by atoms with Gasteiger partial charge in [-0.2, -0.15) is 0 Å². The Morgan fingerprint density at radius 2 is 0.857 bits per heavy atom. The summed E-state index contributed by atoms with van der Waals surface area (Å²) in [7, 11) is 0. The summed E-state index contributed by atoms with van der Waals surface area (Å²) in [6.07, 6.45) is 0. The molecule has 0 saturated heterocycles. The fourth-order valence-electron chi connectivity index (χ4n) is 10.1. The van der Waals surface area contributed by atoms with Gasteiger partial charge < -0.3 is 13.6 Å². The number of rotatable bonds is 6. The summed E-state index contributed by atoms with van der Waals surface area (Å²) < 4.78 is 11.1. The summed E-state index contributed by atoms with van der Waals surface area (Å²) in [5.74, 6) is 0. The Morgan fingerprint density at radius 3 is 1.68 bits per heavy atom. The van der Waals surface area contributed by atoms with E-state index in [1.54, 1.807) is 0 Å². The number of nitrogens with zero attached hydrogens (tertiary/aromatic N) is 2. The molecule has 0 spiro atoms. The average Bonchev–Trinajstić information content (AvgIpc) is 4.02. The van der Waals surface area contributed by atoms with Crippen molar-refractivity contribution in [1.29, 1.82) is 0 Å². The van der Waals surface area contributed by atoms with Crippen molar-refractivity contribution in [3.8, 4) is 55.9 Å². The van der Waals surface area contributed by atoms with Gasteiger partial charge in [0.1, 0.15) is 11.2 Å². The SMILES string of the molecule is c1ccc(-c2ccc(-n3c4ccccc4c4cccc(-c5cccc6c5c5ccccc5n6-c5ccccc5)c43)cc2-c2ccc(-c3ccc4oc5ccccc5c4c3)cc2)cc1. The van der Waals surface area contributed by atoms with Gasteiger partial charge in [0.05, 0.1) is 22.1 Å². The van der Waals surface area contributed by atoms with E-state index in [0.29, 0.717) is 0 Å². The maximum atomic E-state index is 6.15. The molecule has 0 bridgehead atoms. The average molecular weight is 803 g/mol. The van der Waals surface area contributed by atoms with E-state index in [1.807, 2.05) is 12.1 Å². The van der Waals surface area contributed by atoms with Crippen LogP contribution in [0, 0.1) is 0 Å². The summed E-state index contributed by atoms with van der Waals surface area (Å²) in [6.45, 7) is 0. The number of para-hydroxylation sites is 5. The van der Waals surface area contributed by atoms with E-state index in [2.05, 4.69) is 228 Å². The summed E-state index contributed by atoms with van der Waals surface area (Å²) in [4.78, 5) is 0. The van der Waals surface area contributed by atoms with Gasteiger partial charge in [0.25, 0.3) is 0 Å². The maximum Gasteiger partial charge on any atom is 0.135 e. The summed E-state index contributed by atoms with van der Waals surface area (Å²) >= 11 is 0. The Labute approximate surface area is 363 Å². The normalized spacial score (nSPS) is 11.8. The van der Waals surface area contributed by atoms with E-state index in [4.69, 9.17) is 4.42 Å². The van der Waals surface area contributed by atoms with Crippen LogP contribution in [-0.4, -0.2) is 9.13 Å². The lowest BCUT2D eigenvalue weighted by atomic mass is 9.92. The Kier molecular flexibility index (Phi) is 7.91. The predicted molar refractivity (Wildman–Crippen MR) is 264 cm³/mol. The molecule has 0 unspecified atom stereocenters. The first-order chi connectivity index (χ1) is 31.3. The van der Waals surface area contributed by atoms with Gasteiger partial charge in [-0.1, -0.05) is 170 Å². The second-order valence-corrected chi connectivity index (χ2v) is 16.4. The Morgan fingerprint density at radius 1 is 0.270 bits per heavy atom. The molecular formula is C60H38N2O. The highest BCUT2D eigenvalue weighted by molar-refractivity contribution is 6.20. The Bertz CT molecular complexity index is 3890. The molecule has 0 amide bonds. The number of benzene rings is 10. The van der Waals surface area contributed by atoms with E-state index in [9.17, 15) is 0 Å². The predicted octanol–water partition coefficient (Wildman–Crippen LogP) is 16.4. The van der Waals surface area contributed by atoms with Gasteiger partial charge in [-0.05, 0) is 99.6 Å². The first-order valence-electron chi connectivity index (χ1n) is 21.6. The Balaban J connectivity index is 1.02. The van der Waals surface area contributed by atoms with Gasteiger partial charge in [0, 0.05) is 49.3 Å². The molecule has 0 aliphatic rings. The highest BCUT2D eigenvalue weighted by atomic mass is 16.3. The minimum atomic E-state index is 0.907. The van der Waals surface area contributed by atoms with E-state index in [0.717, 1.165) is 50.0 Å². The number of aromatic nitrogens is 2. The fraction of sp³-hybridized carbons (Fsp3) is 0. The molecule has 0 radical (unpaired) electrons. The topological polar surface area (TPSA) is 23.0 Å². The van der Waals surface area contributed by atoms with Gasteiger partial charge in [-0.25, -0.2) is 0 Å². The minimum absolute atomic E-state index is 0.907. The highest BCUT2D eigenvalue weighted by Gasteiger charge is 2.22. The van der Waals surface area contributed by atoms with Crippen LogP contribution in [0.15, 0.2) is 235 Å². The van der Waals surface area contributed by atoms with E-state index < -0.39 is 0 Å². The van der Waals surface area contributed by atoms with Gasteiger partial charge in [0.2, 0.25) is 0 Å². The highest BCUT2D eigenvalue weighted by Crippen LogP contribution is 2.45. The lowest BCUT2D eigenvalue weighted by Crippen LogP contribution is -1.98. The molecule has 0 aliphatic carbocycles. The zero-order chi connectivity index (χ0) is 41.4. The van der Waals surface area contributed by atoms with Gasteiger partial charge in [0.15, 0.2) is 0 Å². The standard InChI is InChI=1S/C60H38N2O/c1-3-15-40(16-4-1)45-35-34-44(38-52(45)41-31-29-39(30-32-41)42-33-36-58-53(37-42)47-20-9-12-28-57(47)63-58)62-54-25-10-7-19-46(54)49-23-13-24-50(60(49)62)48-22-14-27-56-59(48)51-21-8-11-26-55(51)61(56)43-17-5-2-6-18-43/h1-38H. The largest absolute Gasteiger partial charge is 0.456 e. The summed E-state index contributed by atoms with van der Waals surface area (Å²) in [5, 5.41) is 7.22. The van der Waals surface area contributed by atoms with Crippen molar-refractivity contribution in [2.45, 2.75) is 0 Å². The molecule has 13 rings (SSSR count). The van der Waals surface area contributed by atoms with Crippen molar-refractivity contribution in [3.05, 3.63) is 231 Å². The third kappa shape index (κ3) is 5.53. The first-order valence-corrected chi connectivity index (χ1v) is 21.6. The minimum Gasteiger partial charge on any atom is -0.456 e. The van der Waals surface area contributed by atoms with Crippen LogP contribution < -0.4 is 0 Å². The Hall–Kier alpha value is -8.40. The van der Waals surface area contributed by atoms with Crippen molar-refractivity contribution >= 4 is 65.6 Å². The van der Waals surface area contributed by atoms with Crippen LogP contribution in [0.2, 0.25) is 0 Å². The number of fused-ring (bicyclic) bond motifs is 9. The number of hydrogen-bond donors (Lipinski definition) is 0. The van der Waals surface area contributed by atoms with E-state index >= 15 is 0 Å². The van der Waals surface area contributed by atoms with Gasteiger partial charge in [-0.3, -0.25) is 0 Å². The molecule has 3 heterocycles. The van der Waals surface area contributed by atoms with E-state index in [1.165, 1.54) is 71.4 Å². The first kappa shape index (κ1) is 35.4. The second kappa shape index (κ2) is 14.1. The van der Waals surface area contributed by atoms with Crippen molar-refractivity contribution in [2.24, 2.45) is 0 Å². The third-order valence-electron chi connectivity index (χ3n) is 12.9. The van der Waals surface area contributed by atoms with Crippen LogP contribution >= 0.6 is 0 Å². The molecule has 0 fully saturated rings. The van der Waals surface area contributed by atoms with Crippen molar-refractivity contribution in [3.63, 3.8) is 0 Å². The number of furan rings is 1. The molecule has 0 N–H and O–H groups in total. The lowest BCUT2D eigenvalue weighted by molar-refractivity contribution is 0.669. The van der Waals surface area contributed by atoms with Crippen LogP contribution in [0.1, 0.15) is 0 Å². The monoisotopic (exact) mass is 802 g/mol. The van der Waals surface area contributed by atoms with Crippen molar-refractivity contribution in [1.82, 2.24) is 9.13 Å². The molecule has 3 nitrogen and oxygen atoms in total. The molecule has 10 aromatic carbocycles. The maximum absolute atomic E-state index is 6.15. The molecule has 13 aromatic rings. The van der Waals surface area contributed by atoms with Crippen LogP contribution in [-0.2, 0) is 0 Å². The molecule has 3 heteroatoms. The quantitative estimate of drug-likeness (QED) is 0.164. The lowest BCUT2D eigenvalue weighted by Gasteiger charge is -2.17. The molecule has 0 saturated carbocycles. The fourth-order valence-corrected chi connectivity index (χ4v) is 10.1. The summed E-state index contributed by atoms with van der Waals surface area (Å²) in [6, 6.07) is 83.6. The van der Waals surface area contributed by atoms with Crippen molar-refractivity contribution < 1.29 is 4.42 Å². The molecule has 63 heavy (non-hydrogen) atoms. The third-order valence-corrected chi connectivity index (χ3v) is 12.9. The number of hydrogen-bond acceptors (Lipinski definition) is 1. The van der Waals surface area contributed by atoms with Crippen LogP contribution in [0.25, 0.3) is 121 Å². The van der Waals surface area contributed by atoms with E-state index in [-0.39, 0.29) is 0 Å². The second-order valence-electron chi connectivity index (χ2n) is 16.4. The van der Waals surface area contributed by atoms with Crippen LogP contribution in [0.5, 0.6) is 0 Å². The zero-order valence-corrected chi connectivity index (χ0v) is 34.2. The summed E-state index contributed by atoms with van der Waals surface area (Å²) in [5.41, 5.74) is 18.3. The zero-order valence-electron chi connectivity index (χ0n) is 34.2. The van der Waals surface area contributed by atoms with Gasteiger partial charge >= 0.3 is 0 Å². The molecule has 0 aliphatic heterocycles. The molecular weight excluding hydrogens is 765 g/mol. The van der Waals surface area contributed by atoms with Gasteiger partial charge in [-0.15, -0.1) is 0 Å². The van der Waals surface area contributed by atoms with Crippen LogP contribution in [0.3, 0.4) is 0 Å². The molecule has 294 valence electrons. The van der Waals surface area contributed by atoms with Crippen LogP contribution in [0.4, 0.5) is 0 Å². The smallest absolute Gasteiger partial charge is 0.135 e. The molecule has 3 aromatic heterocycles. The molecule has 0 atom stereocenters.